The molecule has 5 nitrogen and oxygen atoms in total. The van der Waals surface area contributed by atoms with Gasteiger partial charge in [-0.3, -0.25) is 4.68 Å². The van der Waals surface area contributed by atoms with Crippen molar-refractivity contribution in [2.24, 2.45) is 7.05 Å². The molecular weight excluding hydrogens is 190 g/mol. The summed E-state index contributed by atoms with van der Waals surface area (Å²) in [7, 11) is 1.84. The van der Waals surface area contributed by atoms with Gasteiger partial charge in [0.15, 0.2) is 0 Å². The van der Waals surface area contributed by atoms with Crippen LogP contribution in [0.25, 0.3) is 11.3 Å². The Labute approximate surface area is 87.9 Å². The Morgan fingerprint density at radius 1 is 1.40 bits per heavy atom. The van der Waals surface area contributed by atoms with Gasteiger partial charge < -0.3 is 5.73 Å². The van der Waals surface area contributed by atoms with E-state index in [4.69, 9.17) is 5.73 Å². The van der Waals surface area contributed by atoms with Gasteiger partial charge in [0.2, 0.25) is 0 Å². The van der Waals surface area contributed by atoms with Crippen LogP contribution in [0.4, 0.5) is 5.82 Å². The van der Waals surface area contributed by atoms with E-state index in [-0.39, 0.29) is 0 Å². The molecule has 5 heteroatoms. The smallest absolute Gasteiger partial charge is 0.125 e. The number of nitrogen functional groups attached to an aromatic ring is 1. The zero-order valence-electron chi connectivity index (χ0n) is 8.81. The fraction of sp³-hybridized carbons (Fsp3) is 0.300. The molecule has 2 aromatic rings. The van der Waals surface area contributed by atoms with Crippen LogP contribution in [0, 0.1) is 0 Å². The lowest BCUT2D eigenvalue weighted by atomic mass is 10.1. The van der Waals surface area contributed by atoms with Gasteiger partial charge in [0.25, 0.3) is 0 Å². The topological polar surface area (TPSA) is 69.6 Å². The molecule has 0 radical (unpaired) electrons. The number of anilines is 1. The standard InChI is InChI=1S/C10H13N5/c1-3-8-9(14-15(2)10(8)11)7-4-5-12-13-6-7/h4-6H,3,11H2,1-2H3. The van der Waals surface area contributed by atoms with Crippen molar-refractivity contribution >= 4 is 5.82 Å². The summed E-state index contributed by atoms with van der Waals surface area (Å²) in [6, 6.07) is 1.88. The first-order chi connectivity index (χ1) is 7.24. The Balaban J connectivity index is 2.58. The van der Waals surface area contributed by atoms with Crippen molar-refractivity contribution in [2.75, 3.05) is 5.73 Å². The Kier molecular flexibility index (Phi) is 2.37. The van der Waals surface area contributed by atoms with Gasteiger partial charge in [-0.1, -0.05) is 6.92 Å². The maximum absolute atomic E-state index is 5.92. The maximum atomic E-state index is 5.92. The van der Waals surface area contributed by atoms with Crippen LogP contribution in [0.1, 0.15) is 12.5 Å². The highest BCUT2D eigenvalue weighted by molar-refractivity contribution is 5.67. The molecule has 0 saturated heterocycles. The predicted molar refractivity (Wildman–Crippen MR) is 58.0 cm³/mol. The van der Waals surface area contributed by atoms with Crippen LogP contribution < -0.4 is 5.73 Å². The zero-order valence-corrected chi connectivity index (χ0v) is 8.81. The van der Waals surface area contributed by atoms with Crippen molar-refractivity contribution in [2.45, 2.75) is 13.3 Å². The highest BCUT2D eigenvalue weighted by atomic mass is 15.3. The normalized spacial score (nSPS) is 10.5. The van der Waals surface area contributed by atoms with Crippen LogP contribution in [-0.4, -0.2) is 20.0 Å². The molecule has 78 valence electrons. The van der Waals surface area contributed by atoms with E-state index < -0.39 is 0 Å². The molecule has 0 aromatic carbocycles. The maximum Gasteiger partial charge on any atom is 0.125 e. The van der Waals surface area contributed by atoms with E-state index in [0.29, 0.717) is 5.82 Å². The number of aryl methyl sites for hydroxylation is 1. The summed E-state index contributed by atoms with van der Waals surface area (Å²) in [4.78, 5) is 0. The van der Waals surface area contributed by atoms with Crippen LogP contribution in [-0.2, 0) is 13.5 Å². The van der Waals surface area contributed by atoms with Crippen molar-refractivity contribution in [1.29, 1.82) is 0 Å². The van der Waals surface area contributed by atoms with E-state index >= 15 is 0 Å². The summed E-state index contributed by atoms with van der Waals surface area (Å²) in [6.45, 7) is 2.06. The zero-order chi connectivity index (χ0) is 10.8. The van der Waals surface area contributed by atoms with Gasteiger partial charge in [0.05, 0.1) is 18.1 Å². The van der Waals surface area contributed by atoms with Gasteiger partial charge in [-0.2, -0.15) is 15.3 Å². The largest absolute Gasteiger partial charge is 0.384 e. The first-order valence-corrected chi connectivity index (χ1v) is 4.82. The van der Waals surface area contributed by atoms with Gasteiger partial charge in [-0.15, -0.1) is 0 Å². The number of rotatable bonds is 2. The molecule has 2 rings (SSSR count). The SMILES string of the molecule is CCc1c(-c2ccnnc2)nn(C)c1N. The third-order valence-corrected chi connectivity index (χ3v) is 2.40. The molecule has 0 saturated carbocycles. The van der Waals surface area contributed by atoms with E-state index in [1.54, 1.807) is 17.1 Å². The lowest BCUT2D eigenvalue weighted by molar-refractivity contribution is 0.781. The van der Waals surface area contributed by atoms with E-state index in [2.05, 4.69) is 22.2 Å². The third kappa shape index (κ3) is 1.56. The van der Waals surface area contributed by atoms with Crippen LogP contribution in [0.3, 0.4) is 0 Å². The third-order valence-electron chi connectivity index (χ3n) is 2.40. The molecule has 2 N–H and O–H groups in total. The lowest BCUT2D eigenvalue weighted by Gasteiger charge is -1.98. The van der Waals surface area contributed by atoms with Gasteiger partial charge in [-0.05, 0) is 12.5 Å². The Bertz CT molecular complexity index is 460. The minimum atomic E-state index is 0.712. The van der Waals surface area contributed by atoms with E-state index in [1.165, 1.54) is 0 Å². The Hall–Kier alpha value is -1.91. The summed E-state index contributed by atoms with van der Waals surface area (Å²) in [5.41, 5.74) is 8.82. The van der Waals surface area contributed by atoms with Crippen molar-refractivity contribution in [1.82, 2.24) is 20.0 Å². The molecule has 0 unspecified atom stereocenters. The molecule has 15 heavy (non-hydrogen) atoms. The number of hydrogen-bond donors (Lipinski definition) is 1. The van der Waals surface area contributed by atoms with Crippen LogP contribution in [0.5, 0.6) is 0 Å². The highest BCUT2D eigenvalue weighted by Gasteiger charge is 2.13. The molecule has 2 aromatic heterocycles. The molecule has 0 aliphatic carbocycles. The van der Waals surface area contributed by atoms with Crippen LogP contribution in [0.15, 0.2) is 18.5 Å². The summed E-state index contributed by atoms with van der Waals surface area (Å²) in [6.07, 6.45) is 4.21. The minimum Gasteiger partial charge on any atom is -0.384 e. The molecule has 0 atom stereocenters. The molecule has 0 bridgehead atoms. The van der Waals surface area contributed by atoms with Gasteiger partial charge in [-0.25, -0.2) is 0 Å². The quantitative estimate of drug-likeness (QED) is 0.791. The van der Waals surface area contributed by atoms with Crippen molar-refractivity contribution in [3.63, 3.8) is 0 Å². The van der Waals surface area contributed by atoms with E-state index in [1.807, 2.05) is 13.1 Å². The fourth-order valence-corrected chi connectivity index (χ4v) is 1.59. The van der Waals surface area contributed by atoms with Gasteiger partial charge >= 0.3 is 0 Å². The van der Waals surface area contributed by atoms with Crippen molar-refractivity contribution in [3.05, 3.63) is 24.0 Å². The van der Waals surface area contributed by atoms with Gasteiger partial charge in [0.1, 0.15) is 5.82 Å². The van der Waals surface area contributed by atoms with E-state index in [0.717, 1.165) is 23.2 Å². The minimum absolute atomic E-state index is 0.712. The number of nitrogens with two attached hydrogens (primary N) is 1. The number of nitrogens with zero attached hydrogens (tertiary/aromatic N) is 4. The molecule has 0 aliphatic rings. The molecule has 0 amide bonds. The molecule has 2 heterocycles. The monoisotopic (exact) mass is 203 g/mol. The number of hydrogen-bond acceptors (Lipinski definition) is 4. The molecule has 0 spiro atoms. The first kappa shape index (κ1) is 9.64. The van der Waals surface area contributed by atoms with Gasteiger partial charge in [0, 0.05) is 18.2 Å². The average Bonchev–Trinajstić information content (AvgIpc) is 2.56. The summed E-state index contributed by atoms with van der Waals surface area (Å²) in [5.74, 6) is 0.712. The second-order valence-electron chi connectivity index (χ2n) is 3.32. The predicted octanol–water partition coefficient (Wildman–Crippen LogP) is 1.02. The van der Waals surface area contributed by atoms with Crippen LogP contribution in [0.2, 0.25) is 0 Å². The van der Waals surface area contributed by atoms with Crippen molar-refractivity contribution < 1.29 is 0 Å². The molecule has 0 fully saturated rings. The Morgan fingerprint density at radius 2 is 2.20 bits per heavy atom. The first-order valence-electron chi connectivity index (χ1n) is 4.82. The summed E-state index contributed by atoms with van der Waals surface area (Å²) < 4.78 is 1.69. The second kappa shape index (κ2) is 3.68. The average molecular weight is 203 g/mol. The second-order valence-corrected chi connectivity index (χ2v) is 3.32. The Morgan fingerprint density at radius 3 is 2.80 bits per heavy atom. The van der Waals surface area contributed by atoms with Crippen LogP contribution >= 0.6 is 0 Å². The lowest BCUT2D eigenvalue weighted by Crippen LogP contribution is -1.98. The number of aromatic nitrogens is 4. The fourth-order valence-electron chi connectivity index (χ4n) is 1.59. The molecule has 0 aliphatic heterocycles. The summed E-state index contributed by atoms with van der Waals surface area (Å²) >= 11 is 0. The van der Waals surface area contributed by atoms with E-state index in [9.17, 15) is 0 Å². The molecular formula is C10H13N5. The highest BCUT2D eigenvalue weighted by Crippen LogP contribution is 2.25. The van der Waals surface area contributed by atoms with Crippen molar-refractivity contribution in [3.8, 4) is 11.3 Å². The summed E-state index contributed by atoms with van der Waals surface area (Å²) in [5, 5.41) is 12.0.